The van der Waals surface area contributed by atoms with Crippen molar-refractivity contribution in [1.29, 1.82) is 0 Å². The minimum atomic E-state index is -3.67. The molecule has 1 N–H and O–H groups in total. The molecule has 1 atom stereocenters. The van der Waals surface area contributed by atoms with Crippen LogP contribution in [0, 0.1) is 0 Å². The second-order valence-electron chi connectivity index (χ2n) is 8.57. The van der Waals surface area contributed by atoms with E-state index in [0.717, 1.165) is 22.5 Å². The Morgan fingerprint density at radius 3 is 2.33 bits per heavy atom. The second-order valence-corrected chi connectivity index (χ2v) is 11.3. The molecule has 0 fully saturated rings. The summed E-state index contributed by atoms with van der Waals surface area (Å²) < 4.78 is 26.1. The Labute approximate surface area is 224 Å². The van der Waals surface area contributed by atoms with Gasteiger partial charge in [-0.3, -0.25) is 13.9 Å². The molecule has 0 aliphatic rings. The molecule has 7 nitrogen and oxygen atoms in total. The molecule has 0 aliphatic carbocycles. The van der Waals surface area contributed by atoms with Gasteiger partial charge in [-0.15, -0.1) is 0 Å². The van der Waals surface area contributed by atoms with Crippen molar-refractivity contribution in [2.24, 2.45) is 0 Å². The third kappa shape index (κ3) is 8.98. The lowest BCUT2D eigenvalue weighted by molar-refractivity contribution is -0.140. The molecule has 0 saturated carbocycles. The predicted molar refractivity (Wildman–Crippen MR) is 147 cm³/mol. The zero-order valence-corrected chi connectivity index (χ0v) is 23.4. The van der Waals surface area contributed by atoms with Gasteiger partial charge in [0.25, 0.3) is 0 Å². The van der Waals surface area contributed by atoms with E-state index in [-0.39, 0.29) is 41.9 Å². The SMILES string of the molecule is CCCNC(=O)[C@@H](CC)N(CCc1ccccc1)C(=O)CCCN(c1cc(Cl)ccc1Cl)S(C)(=O)=O. The van der Waals surface area contributed by atoms with Gasteiger partial charge in [0.1, 0.15) is 6.04 Å². The Hall–Kier alpha value is -2.29. The van der Waals surface area contributed by atoms with Crippen molar-refractivity contribution in [3.63, 3.8) is 0 Å². The first kappa shape index (κ1) is 29.9. The van der Waals surface area contributed by atoms with Gasteiger partial charge in [0, 0.05) is 31.1 Å². The molecular weight excluding hydrogens is 521 g/mol. The molecule has 2 rings (SSSR count). The fourth-order valence-corrected chi connectivity index (χ4v) is 5.33. The monoisotopic (exact) mass is 555 g/mol. The average Bonchev–Trinajstić information content (AvgIpc) is 2.84. The number of sulfonamides is 1. The van der Waals surface area contributed by atoms with Crippen LogP contribution >= 0.6 is 23.2 Å². The molecule has 10 heteroatoms. The number of carbonyl (C=O) groups is 2. The number of hydrogen-bond acceptors (Lipinski definition) is 4. The number of nitrogens with zero attached hydrogens (tertiary/aromatic N) is 2. The molecular formula is C26H35Cl2N3O4S. The van der Waals surface area contributed by atoms with Crippen molar-refractivity contribution in [3.05, 3.63) is 64.1 Å². The molecule has 0 radical (unpaired) electrons. The lowest BCUT2D eigenvalue weighted by Crippen LogP contribution is -2.50. The molecule has 0 unspecified atom stereocenters. The van der Waals surface area contributed by atoms with Gasteiger partial charge in [-0.05, 0) is 49.4 Å². The smallest absolute Gasteiger partial charge is 0.242 e. The van der Waals surface area contributed by atoms with E-state index in [0.29, 0.717) is 31.0 Å². The Kier molecular flexibility index (Phi) is 12.0. The number of nitrogens with one attached hydrogen (secondary N) is 1. The number of hydrogen-bond donors (Lipinski definition) is 1. The number of amides is 2. The summed E-state index contributed by atoms with van der Waals surface area (Å²) in [5.74, 6) is -0.376. The molecule has 0 bridgehead atoms. The van der Waals surface area contributed by atoms with Crippen LogP contribution < -0.4 is 9.62 Å². The van der Waals surface area contributed by atoms with Gasteiger partial charge in [0.05, 0.1) is 17.0 Å². The van der Waals surface area contributed by atoms with Crippen molar-refractivity contribution < 1.29 is 18.0 Å². The fourth-order valence-electron chi connectivity index (χ4n) is 3.92. The van der Waals surface area contributed by atoms with Crippen molar-refractivity contribution in [1.82, 2.24) is 10.2 Å². The van der Waals surface area contributed by atoms with Gasteiger partial charge in [-0.2, -0.15) is 0 Å². The van der Waals surface area contributed by atoms with Crippen LogP contribution in [0.5, 0.6) is 0 Å². The van der Waals surface area contributed by atoms with E-state index in [1.54, 1.807) is 11.0 Å². The summed E-state index contributed by atoms with van der Waals surface area (Å²) in [6.07, 6.45) is 3.30. The van der Waals surface area contributed by atoms with E-state index < -0.39 is 16.1 Å². The van der Waals surface area contributed by atoms with Gasteiger partial charge in [-0.1, -0.05) is 67.4 Å². The van der Waals surface area contributed by atoms with E-state index in [4.69, 9.17) is 23.2 Å². The Morgan fingerprint density at radius 1 is 1.03 bits per heavy atom. The van der Waals surface area contributed by atoms with Crippen LogP contribution in [-0.2, 0) is 26.0 Å². The molecule has 0 aliphatic heterocycles. The molecule has 2 aromatic rings. The maximum atomic E-state index is 13.4. The van der Waals surface area contributed by atoms with Crippen LogP contribution in [-0.4, -0.2) is 57.1 Å². The van der Waals surface area contributed by atoms with Gasteiger partial charge in [0.2, 0.25) is 21.8 Å². The van der Waals surface area contributed by atoms with Crippen LogP contribution in [0.2, 0.25) is 10.0 Å². The molecule has 198 valence electrons. The van der Waals surface area contributed by atoms with Crippen molar-refractivity contribution in [3.8, 4) is 0 Å². The van der Waals surface area contributed by atoms with E-state index in [9.17, 15) is 18.0 Å². The summed E-state index contributed by atoms with van der Waals surface area (Å²) in [6, 6.07) is 13.8. The number of rotatable bonds is 14. The third-order valence-corrected chi connectivity index (χ3v) is 7.48. The minimum absolute atomic E-state index is 0.0516. The van der Waals surface area contributed by atoms with Gasteiger partial charge >= 0.3 is 0 Å². The van der Waals surface area contributed by atoms with E-state index in [1.807, 2.05) is 44.2 Å². The van der Waals surface area contributed by atoms with Crippen molar-refractivity contribution in [2.45, 2.75) is 52.0 Å². The number of benzene rings is 2. The standard InChI is InChI=1S/C26H35Cl2N3O4S/c1-4-16-29-26(33)23(5-2)30(18-15-20-10-7-6-8-11-20)25(32)12-9-17-31(36(3,34)35)24-19-21(27)13-14-22(24)28/h6-8,10-11,13-14,19,23H,4-5,9,12,15-18H2,1-3H3,(H,29,33)/t23-/m1/s1. The molecule has 0 spiro atoms. The molecule has 2 aromatic carbocycles. The highest BCUT2D eigenvalue weighted by Gasteiger charge is 2.28. The summed E-state index contributed by atoms with van der Waals surface area (Å²) in [5.41, 5.74) is 1.34. The lowest BCUT2D eigenvalue weighted by Gasteiger charge is -2.31. The first-order valence-corrected chi connectivity index (χ1v) is 14.7. The van der Waals surface area contributed by atoms with Crippen LogP contribution in [0.25, 0.3) is 0 Å². The number of halogens is 2. The summed E-state index contributed by atoms with van der Waals surface area (Å²) in [5, 5.41) is 3.50. The summed E-state index contributed by atoms with van der Waals surface area (Å²) in [6.45, 7) is 4.83. The quantitative estimate of drug-likeness (QED) is 0.358. The fraction of sp³-hybridized carbons (Fsp3) is 0.462. The summed E-state index contributed by atoms with van der Waals surface area (Å²) in [7, 11) is -3.67. The maximum Gasteiger partial charge on any atom is 0.242 e. The highest BCUT2D eigenvalue weighted by atomic mass is 35.5. The summed E-state index contributed by atoms with van der Waals surface area (Å²) in [4.78, 5) is 27.8. The van der Waals surface area contributed by atoms with Crippen molar-refractivity contribution in [2.75, 3.05) is 30.2 Å². The molecule has 0 aromatic heterocycles. The van der Waals surface area contributed by atoms with E-state index >= 15 is 0 Å². The number of carbonyl (C=O) groups excluding carboxylic acids is 2. The van der Waals surface area contributed by atoms with Crippen LogP contribution in [0.1, 0.15) is 45.1 Å². The highest BCUT2D eigenvalue weighted by Crippen LogP contribution is 2.31. The predicted octanol–water partition coefficient (Wildman–Crippen LogP) is 4.92. The first-order chi connectivity index (χ1) is 17.1. The summed E-state index contributed by atoms with van der Waals surface area (Å²) >= 11 is 12.3. The highest BCUT2D eigenvalue weighted by molar-refractivity contribution is 7.92. The Bertz CT molecular complexity index is 1110. The van der Waals surface area contributed by atoms with Crippen LogP contribution in [0.15, 0.2) is 48.5 Å². The van der Waals surface area contributed by atoms with Gasteiger partial charge < -0.3 is 10.2 Å². The van der Waals surface area contributed by atoms with E-state index in [1.165, 1.54) is 12.1 Å². The average molecular weight is 557 g/mol. The topological polar surface area (TPSA) is 86.8 Å². The zero-order valence-electron chi connectivity index (χ0n) is 21.0. The van der Waals surface area contributed by atoms with Gasteiger partial charge in [0.15, 0.2) is 0 Å². The second kappa shape index (κ2) is 14.4. The molecule has 2 amide bonds. The third-order valence-electron chi connectivity index (χ3n) is 5.75. The normalized spacial score (nSPS) is 12.1. The Morgan fingerprint density at radius 2 is 1.72 bits per heavy atom. The van der Waals surface area contributed by atoms with E-state index in [2.05, 4.69) is 5.32 Å². The minimum Gasteiger partial charge on any atom is -0.354 e. The van der Waals surface area contributed by atoms with Crippen LogP contribution in [0.3, 0.4) is 0 Å². The van der Waals surface area contributed by atoms with Crippen molar-refractivity contribution >= 4 is 50.7 Å². The van der Waals surface area contributed by atoms with Crippen LogP contribution in [0.4, 0.5) is 5.69 Å². The largest absolute Gasteiger partial charge is 0.354 e. The molecule has 0 saturated heterocycles. The zero-order chi connectivity index (χ0) is 26.7. The molecule has 0 heterocycles. The molecule has 36 heavy (non-hydrogen) atoms. The first-order valence-electron chi connectivity index (χ1n) is 12.1. The number of anilines is 1. The van der Waals surface area contributed by atoms with Gasteiger partial charge in [-0.25, -0.2) is 8.42 Å². The Balaban J connectivity index is 2.17. The maximum absolute atomic E-state index is 13.4. The lowest BCUT2D eigenvalue weighted by atomic mass is 10.1.